The average Bonchev–Trinajstić information content (AvgIpc) is 2.96. The molecule has 7 N–H and O–H groups in total. The number of hydrogen-bond acceptors (Lipinski definition) is 11. The zero-order valence-corrected chi connectivity index (χ0v) is 25.5. The van der Waals surface area contributed by atoms with Crippen LogP contribution in [-0.2, 0) is 38.2 Å². The van der Waals surface area contributed by atoms with E-state index in [1.54, 1.807) is 0 Å². The number of aliphatic hydroxyl groups excluding tert-OH is 3. The molecule has 15 heteroatoms. The normalized spacial score (nSPS) is 21.7. The van der Waals surface area contributed by atoms with E-state index in [0.29, 0.717) is 38.8 Å². The van der Waals surface area contributed by atoms with Crippen molar-refractivity contribution < 1.29 is 53.5 Å². The van der Waals surface area contributed by atoms with Gasteiger partial charge in [-0.25, -0.2) is 0 Å². The third-order valence-corrected chi connectivity index (χ3v) is 6.61. The molecule has 1 fully saturated rings. The smallest absolute Gasteiger partial charge is 0.220 e. The lowest BCUT2D eigenvalue weighted by atomic mass is 9.97. The van der Waals surface area contributed by atoms with Gasteiger partial charge < -0.3 is 50.8 Å². The van der Waals surface area contributed by atoms with Crippen LogP contribution in [0.3, 0.4) is 0 Å². The maximum Gasteiger partial charge on any atom is 0.220 e. The third-order valence-electron chi connectivity index (χ3n) is 6.61. The lowest BCUT2D eigenvalue weighted by molar-refractivity contribution is -0.272. The Morgan fingerprint density at radius 1 is 0.767 bits per heavy atom. The fourth-order valence-electron chi connectivity index (χ4n) is 4.13. The van der Waals surface area contributed by atoms with Crippen LogP contribution in [0.5, 0.6) is 0 Å². The molecular weight excluding hydrogens is 568 g/mol. The van der Waals surface area contributed by atoms with Gasteiger partial charge in [-0.2, -0.15) is 0 Å². The summed E-state index contributed by atoms with van der Waals surface area (Å²) in [7, 11) is 0. The molecular formula is C28H50N4O11. The van der Waals surface area contributed by atoms with Crippen molar-refractivity contribution >= 4 is 29.4 Å². The minimum absolute atomic E-state index is 0.0248. The Balaban J connectivity index is 2.05. The minimum atomic E-state index is -1.40. The number of carbonyl (C=O) groups is 5. The molecule has 15 nitrogen and oxygen atoms in total. The Morgan fingerprint density at radius 3 is 1.86 bits per heavy atom. The van der Waals surface area contributed by atoms with Crippen molar-refractivity contribution in [3.8, 4) is 0 Å². The Morgan fingerprint density at radius 2 is 1.33 bits per heavy atom. The summed E-state index contributed by atoms with van der Waals surface area (Å²) in [6.45, 7) is 5.73. The molecule has 1 heterocycles. The highest BCUT2D eigenvalue weighted by molar-refractivity contribution is 5.81. The first-order valence-electron chi connectivity index (χ1n) is 14.9. The predicted octanol–water partition coefficient (Wildman–Crippen LogP) is -1.73. The van der Waals surface area contributed by atoms with Gasteiger partial charge in [0.25, 0.3) is 0 Å². The van der Waals surface area contributed by atoms with Gasteiger partial charge in [0, 0.05) is 58.2 Å². The van der Waals surface area contributed by atoms with Crippen LogP contribution in [0.4, 0.5) is 0 Å². The molecule has 0 aliphatic carbocycles. The molecule has 0 aromatic rings. The highest BCUT2D eigenvalue weighted by atomic mass is 16.7. The predicted molar refractivity (Wildman–Crippen MR) is 153 cm³/mol. The van der Waals surface area contributed by atoms with Crippen molar-refractivity contribution in [1.29, 1.82) is 0 Å². The van der Waals surface area contributed by atoms with Crippen LogP contribution in [0.2, 0.25) is 0 Å². The zero-order valence-electron chi connectivity index (χ0n) is 25.5. The van der Waals surface area contributed by atoms with Crippen molar-refractivity contribution in [2.75, 3.05) is 46.1 Å². The Kier molecular flexibility index (Phi) is 19.5. The Bertz CT molecular complexity index is 874. The van der Waals surface area contributed by atoms with Gasteiger partial charge in [-0.15, -0.1) is 0 Å². The number of ether oxygens (including phenoxy) is 3. The van der Waals surface area contributed by atoms with Crippen molar-refractivity contribution in [1.82, 2.24) is 21.3 Å². The standard InChI is InChI=1S/C28H50N4O11/c1-18(2)20(35)7-4-8-22(36)29-11-5-9-23(37)30-12-6-10-24(38)31-13-14-41-15-16-42-28-25(32-19(3)34)27(40)26(39)21(17-33)43-28/h18,21,25-28,33,39-40H,4-17H2,1-3H3,(H,29,36)(H,30,37)(H,31,38)(H,32,34). The molecule has 5 unspecified atom stereocenters. The van der Waals surface area contributed by atoms with Crippen LogP contribution in [0.25, 0.3) is 0 Å². The fourth-order valence-corrected chi connectivity index (χ4v) is 4.13. The quantitative estimate of drug-likeness (QED) is 0.0675. The van der Waals surface area contributed by atoms with Crippen molar-refractivity contribution in [2.24, 2.45) is 5.92 Å². The van der Waals surface area contributed by atoms with E-state index in [-0.39, 0.29) is 75.1 Å². The highest BCUT2D eigenvalue weighted by Gasteiger charge is 2.45. The molecule has 248 valence electrons. The van der Waals surface area contributed by atoms with E-state index >= 15 is 0 Å². The van der Waals surface area contributed by atoms with Gasteiger partial charge in [0.1, 0.15) is 30.1 Å². The Hall–Kier alpha value is -2.69. The number of carbonyl (C=O) groups excluding carboxylic acids is 5. The molecule has 0 aromatic carbocycles. The van der Waals surface area contributed by atoms with Crippen molar-refractivity contribution in [2.45, 2.75) is 96.4 Å². The van der Waals surface area contributed by atoms with Gasteiger partial charge >= 0.3 is 0 Å². The number of hydrogen-bond donors (Lipinski definition) is 7. The maximum absolute atomic E-state index is 12.0. The number of rotatable bonds is 22. The van der Waals surface area contributed by atoms with Gasteiger partial charge in [-0.05, 0) is 19.3 Å². The first-order chi connectivity index (χ1) is 20.5. The minimum Gasteiger partial charge on any atom is -0.394 e. The number of ketones is 1. The molecule has 1 rings (SSSR count). The van der Waals surface area contributed by atoms with Gasteiger partial charge in [-0.1, -0.05) is 13.8 Å². The monoisotopic (exact) mass is 618 g/mol. The van der Waals surface area contributed by atoms with Crippen LogP contribution < -0.4 is 21.3 Å². The van der Waals surface area contributed by atoms with E-state index in [0.717, 1.165) is 0 Å². The summed E-state index contributed by atoms with van der Waals surface area (Å²) >= 11 is 0. The average molecular weight is 619 g/mol. The molecule has 0 radical (unpaired) electrons. The van der Waals surface area contributed by atoms with Gasteiger partial charge in [0.05, 0.1) is 26.4 Å². The lowest BCUT2D eigenvalue weighted by Gasteiger charge is -2.42. The van der Waals surface area contributed by atoms with E-state index in [1.807, 2.05) is 13.8 Å². The fraction of sp³-hybridized carbons (Fsp3) is 0.821. The van der Waals surface area contributed by atoms with Gasteiger partial charge in [-0.3, -0.25) is 24.0 Å². The van der Waals surface area contributed by atoms with Crippen LogP contribution >= 0.6 is 0 Å². The molecule has 0 spiro atoms. The summed E-state index contributed by atoms with van der Waals surface area (Å²) in [5, 5.41) is 40.2. The first-order valence-corrected chi connectivity index (χ1v) is 14.9. The summed E-state index contributed by atoms with van der Waals surface area (Å²) in [6.07, 6.45) is -2.33. The molecule has 4 amide bonds. The zero-order chi connectivity index (χ0) is 32.2. The van der Waals surface area contributed by atoms with Gasteiger partial charge in [0.15, 0.2) is 6.29 Å². The maximum atomic E-state index is 12.0. The van der Waals surface area contributed by atoms with E-state index < -0.39 is 43.2 Å². The highest BCUT2D eigenvalue weighted by Crippen LogP contribution is 2.22. The van der Waals surface area contributed by atoms with E-state index in [1.165, 1.54) is 6.92 Å². The number of nitrogens with one attached hydrogen (secondary N) is 4. The second kappa shape index (κ2) is 21.9. The number of aliphatic hydroxyl groups is 3. The second-order valence-electron chi connectivity index (χ2n) is 10.6. The van der Waals surface area contributed by atoms with Crippen LogP contribution in [0, 0.1) is 5.92 Å². The topological polar surface area (TPSA) is 222 Å². The van der Waals surface area contributed by atoms with Crippen LogP contribution in [0.1, 0.15) is 65.7 Å². The summed E-state index contributed by atoms with van der Waals surface area (Å²) in [4.78, 5) is 58.7. The summed E-state index contributed by atoms with van der Waals surface area (Å²) in [5.74, 6) is -0.817. The van der Waals surface area contributed by atoms with E-state index in [4.69, 9.17) is 14.2 Å². The summed E-state index contributed by atoms with van der Waals surface area (Å²) < 4.78 is 16.4. The first kappa shape index (κ1) is 38.3. The van der Waals surface area contributed by atoms with Crippen LogP contribution in [0.15, 0.2) is 0 Å². The summed E-state index contributed by atoms with van der Waals surface area (Å²) in [6, 6.07) is -1.03. The van der Waals surface area contributed by atoms with E-state index in [9.17, 15) is 39.3 Å². The molecule has 1 aliphatic heterocycles. The molecule has 5 atom stereocenters. The van der Waals surface area contributed by atoms with Crippen molar-refractivity contribution in [3.05, 3.63) is 0 Å². The molecule has 43 heavy (non-hydrogen) atoms. The molecule has 0 aromatic heterocycles. The summed E-state index contributed by atoms with van der Waals surface area (Å²) in [5.41, 5.74) is 0. The van der Waals surface area contributed by atoms with Crippen LogP contribution in [-0.4, -0.2) is 121 Å². The van der Waals surface area contributed by atoms with Crippen molar-refractivity contribution in [3.63, 3.8) is 0 Å². The Labute approximate surface area is 252 Å². The largest absolute Gasteiger partial charge is 0.394 e. The second-order valence-corrected chi connectivity index (χ2v) is 10.6. The number of amides is 4. The molecule has 0 bridgehead atoms. The molecule has 0 saturated carbocycles. The van der Waals surface area contributed by atoms with Gasteiger partial charge in [0.2, 0.25) is 23.6 Å². The van der Waals surface area contributed by atoms with E-state index in [2.05, 4.69) is 21.3 Å². The molecule has 1 saturated heterocycles. The third kappa shape index (κ3) is 16.7. The lowest BCUT2D eigenvalue weighted by Crippen LogP contribution is -2.64. The number of Topliss-reactive ketones (excluding diaryl/α,β-unsaturated/α-hetero) is 1. The SMILES string of the molecule is CC(=O)NC1C(OCCOCCNC(=O)CCCNC(=O)CCCNC(=O)CCCC(=O)C(C)C)OC(CO)C(O)C1O. The molecule has 1 aliphatic rings.